The third-order valence-corrected chi connectivity index (χ3v) is 3.23. The van der Waals surface area contributed by atoms with Gasteiger partial charge in [-0.1, -0.05) is 12.5 Å². The Balaban J connectivity index is 2.31. The predicted octanol–water partition coefficient (Wildman–Crippen LogP) is 1.92. The summed E-state index contributed by atoms with van der Waals surface area (Å²) in [5, 5.41) is 11.1. The van der Waals surface area contributed by atoms with Gasteiger partial charge in [0.15, 0.2) is 0 Å². The average Bonchev–Trinajstić information content (AvgIpc) is 2.17. The molecular formula is C10H15NO3. The summed E-state index contributed by atoms with van der Waals surface area (Å²) in [5.74, 6) is 0. The van der Waals surface area contributed by atoms with Crippen molar-refractivity contribution in [3.63, 3.8) is 0 Å². The summed E-state index contributed by atoms with van der Waals surface area (Å²) in [4.78, 5) is 10.9. The van der Waals surface area contributed by atoms with Crippen LogP contribution in [-0.4, -0.2) is 22.7 Å². The molecule has 0 radical (unpaired) electrons. The maximum atomic E-state index is 11.1. The van der Waals surface area contributed by atoms with E-state index >= 15 is 0 Å². The van der Waals surface area contributed by atoms with Crippen molar-refractivity contribution in [2.24, 2.45) is 0 Å². The van der Waals surface area contributed by atoms with Crippen molar-refractivity contribution in [2.75, 3.05) is 0 Å². The fraction of sp³-hybridized carbons (Fsp3) is 0.800. The van der Waals surface area contributed by atoms with Crippen LogP contribution >= 0.6 is 0 Å². The molecule has 0 aromatic rings. The summed E-state index contributed by atoms with van der Waals surface area (Å²) < 4.78 is 5.63. The van der Waals surface area contributed by atoms with E-state index in [1.54, 1.807) is 6.08 Å². The number of nitrogens with zero attached hydrogens (tertiary/aromatic N) is 1. The fourth-order valence-corrected chi connectivity index (χ4v) is 2.40. The molecule has 1 unspecified atom stereocenters. The number of hydrogen-bond acceptors (Lipinski definition) is 3. The van der Waals surface area contributed by atoms with E-state index in [4.69, 9.17) is 4.74 Å². The summed E-state index contributed by atoms with van der Waals surface area (Å²) >= 11 is 0. The molecule has 2 aliphatic rings. The third kappa shape index (κ3) is 1.34. The Morgan fingerprint density at radius 1 is 1.57 bits per heavy atom. The van der Waals surface area contributed by atoms with Gasteiger partial charge >= 0.3 is 0 Å². The first-order valence-corrected chi connectivity index (χ1v) is 5.14. The molecule has 1 aliphatic carbocycles. The van der Waals surface area contributed by atoms with Crippen LogP contribution in [0.2, 0.25) is 0 Å². The quantitative estimate of drug-likeness (QED) is 0.366. The van der Waals surface area contributed by atoms with Crippen LogP contribution in [0.1, 0.15) is 32.6 Å². The summed E-state index contributed by atoms with van der Waals surface area (Å²) in [6.45, 7) is 1.93. The van der Waals surface area contributed by atoms with E-state index in [-0.39, 0.29) is 17.1 Å². The van der Waals surface area contributed by atoms with Crippen molar-refractivity contribution in [1.82, 2.24) is 0 Å². The molecule has 78 valence electrons. The van der Waals surface area contributed by atoms with E-state index in [2.05, 4.69) is 0 Å². The molecule has 0 aromatic carbocycles. The Kier molecular flexibility index (Phi) is 2.31. The number of rotatable bonds is 1. The normalized spacial score (nSPS) is 41.8. The van der Waals surface area contributed by atoms with Gasteiger partial charge in [0.2, 0.25) is 0 Å². The van der Waals surface area contributed by atoms with E-state index in [1.807, 2.05) is 13.0 Å². The topological polar surface area (TPSA) is 52.4 Å². The van der Waals surface area contributed by atoms with Crippen molar-refractivity contribution >= 4 is 0 Å². The van der Waals surface area contributed by atoms with Crippen LogP contribution < -0.4 is 0 Å². The summed E-state index contributed by atoms with van der Waals surface area (Å²) in [5.41, 5.74) is -0.926. The van der Waals surface area contributed by atoms with Gasteiger partial charge in [-0.25, -0.2) is 0 Å². The lowest BCUT2D eigenvalue weighted by Crippen LogP contribution is -2.53. The molecule has 1 saturated carbocycles. The maximum Gasteiger partial charge on any atom is 0.266 e. The van der Waals surface area contributed by atoms with E-state index < -0.39 is 5.54 Å². The van der Waals surface area contributed by atoms with Crippen LogP contribution in [0.15, 0.2) is 12.2 Å². The molecule has 4 nitrogen and oxygen atoms in total. The van der Waals surface area contributed by atoms with Crippen molar-refractivity contribution in [1.29, 1.82) is 0 Å². The Bertz CT molecular complexity index is 277. The Morgan fingerprint density at radius 2 is 2.36 bits per heavy atom. The van der Waals surface area contributed by atoms with Gasteiger partial charge in [0, 0.05) is 11.3 Å². The first-order chi connectivity index (χ1) is 6.65. The molecule has 1 fully saturated rings. The second kappa shape index (κ2) is 3.35. The summed E-state index contributed by atoms with van der Waals surface area (Å²) in [6.07, 6.45) is 6.77. The molecule has 0 spiro atoms. The van der Waals surface area contributed by atoms with Crippen LogP contribution in [0.5, 0.6) is 0 Å². The minimum atomic E-state index is -0.926. The van der Waals surface area contributed by atoms with E-state index in [0.717, 1.165) is 19.3 Å². The number of nitro groups is 1. The van der Waals surface area contributed by atoms with Gasteiger partial charge in [0.25, 0.3) is 5.54 Å². The fourth-order valence-electron chi connectivity index (χ4n) is 2.40. The average molecular weight is 197 g/mol. The van der Waals surface area contributed by atoms with Gasteiger partial charge in [-0.05, 0) is 25.8 Å². The predicted molar refractivity (Wildman–Crippen MR) is 51.7 cm³/mol. The van der Waals surface area contributed by atoms with Crippen molar-refractivity contribution < 1.29 is 9.66 Å². The smallest absolute Gasteiger partial charge is 0.266 e. The zero-order chi connectivity index (χ0) is 10.2. The summed E-state index contributed by atoms with van der Waals surface area (Å²) in [7, 11) is 0. The zero-order valence-electron chi connectivity index (χ0n) is 8.31. The Hall–Kier alpha value is -0.900. The number of ether oxygens (including phenoxy) is 1. The minimum Gasteiger partial charge on any atom is -0.363 e. The van der Waals surface area contributed by atoms with Gasteiger partial charge in [-0.2, -0.15) is 0 Å². The second-order valence-corrected chi connectivity index (χ2v) is 4.18. The highest BCUT2D eigenvalue weighted by Gasteiger charge is 2.52. The molecule has 4 heteroatoms. The van der Waals surface area contributed by atoms with Crippen LogP contribution in [0, 0.1) is 10.1 Å². The van der Waals surface area contributed by atoms with E-state index in [9.17, 15) is 10.1 Å². The number of fused-ring (bicyclic) bond motifs is 1. The lowest BCUT2D eigenvalue weighted by atomic mass is 9.78. The molecular weight excluding hydrogens is 182 g/mol. The molecule has 0 N–H and O–H groups in total. The lowest BCUT2D eigenvalue weighted by molar-refractivity contribution is -0.575. The molecule has 2 rings (SSSR count). The van der Waals surface area contributed by atoms with Crippen molar-refractivity contribution in [3.05, 3.63) is 22.3 Å². The second-order valence-electron chi connectivity index (χ2n) is 4.18. The Labute approximate surface area is 83.1 Å². The van der Waals surface area contributed by atoms with E-state index in [0.29, 0.717) is 6.42 Å². The van der Waals surface area contributed by atoms with Gasteiger partial charge < -0.3 is 4.74 Å². The lowest BCUT2D eigenvalue weighted by Gasteiger charge is -2.38. The van der Waals surface area contributed by atoms with Gasteiger partial charge in [0.1, 0.15) is 6.10 Å². The molecule has 0 saturated heterocycles. The molecule has 14 heavy (non-hydrogen) atoms. The Morgan fingerprint density at radius 3 is 3.07 bits per heavy atom. The van der Waals surface area contributed by atoms with E-state index in [1.165, 1.54) is 0 Å². The number of hydrogen-bond donors (Lipinski definition) is 0. The van der Waals surface area contributed by atoms with Gasteiger partial charge in [-0.3, -0.25) is 10.1 Å². The third-order valence-electron chi connectivity index (χ3n) is 3.23. The molecule has 0 bridgehead atoms. The maximum absolute atomic E-state index is 11.1. The van der Waals surface area contributed by atoms with Gasteiger partial charge in [0.05, 0.1) is 6.10 Å². The van der Waals surface area contributed by atoms with Crippen LogP contribution in [-0.2, 0) is 4.74 Å². The standard InChI is InChI=1S/C10H15NO3/c1-8-5-7-10(11(12)13)6-3-2-4-9(10)14-8/h5,7-9H,2-4,6H2,1H3/t8?,9-,10+/m0/s1. The highest BCUT2D eigenvalue weighted by atomic mass is 16.6. The molecule has 3 atom stereocenters. The monoisotopic (exact) mass is 197 g/mol. The molecule has 1 heterocycles. The zero-order valence-corrected chi connectivity index (χ0v) is 8.31. The highest BCUT2D eigenvalue weighted by molar-refractivity contribution is 5.12. The first-order valence-electron chi connectivity index (χ1n) is 5.14. The molecule has 1 aliphatic heterocycles. The summed E-state index contributed by atoms with van der Waals surface area (Å²) in [6, 6.07) is 0. The molecule has 0 amide bonds. The van der Waals surface area contributed by atoms with Crippen molar-refractivity contribution in [3.8, 4) is 0 Å². The highest BCUT2D eigenvalue weighted by Crippen LogP contribution is 2.37. The van der Waals surface area contributed by atoms with Crippen LogP contribution in [0.4, 0.5) is 0 Å². The SMILES string of the molecule is CC1C=C[C@]2([N+](=O)[O-])CCCC[C@@H]2O1. The minimum absolute atomic E-state index is 0.0196. The molecule has 0 aromatic heterocycles. The largest absolute Gasteiger partial charge is 0.363 e. The van der Waals surface area contributed by atoms with Gasteiger partial charge in [-0.15, -0.1) is 0 Å². The van der Waals surface area contributed by atoms with Crippen molar-refractivity contribution in [2.45, 2.75) is 50.4 Å². The van der Waals surface area contributed by atoms with Crippen LogP contribution in [0.25, 0.3) is 0 Å². The first kappa shape index (κ1) is 9.65. The van der Waals surface area contributed by atoms with Crippen LogP contribution in [0.3, 0.4) is 0 Å².